The summed E-state index contributed by atoms with van der Waals surface area (Å²) in [6.07, 6.45) is 0.785. The molecule has 0 aliphatic rings. The minimum absolute atomic E-state index is 0.0848. The Morgan fingerprint density at radius 3 is 2.33 bits per heavy atom. The van der Waals surface area contributed by atoms with Crippen LogP contribution in [0.15, 0.2) is 0 Å². The van der Waals surface area contributed by atoms with Crippen molar-refractivity contribution in [3.05, 3.63) is 0 Å². The minimum Gasteiger partial charge on any atom is -0.481 e. The number of hydrogen-bond acceptors (Lipinski definition) is 2. The average Bonchev–Trinajstić information content (AvgIpc) is 1.84. The number of carbonyl (C=O) groups is 1. The molecule has 0 saturated heterocycles. The van der Waals surface area contributed by atoms with Gasteiger partial charge in [0.25, 0.3) is 0 Å². The summed E-state index contributed by atoms with van der Waals surface area (Å²) in [5, 5.41) is 8.37. The molecule has 4 heteroatoms. The van der Waals surface area contributed by atoms with Gasteiger partial charge in [-0.05, 0) is 33.7 Å². The van der Waals surface area contributed by atoms with Crippen LogP contribution in [0.4, 0.5) is 0 Å². The summed E-state index contributed by atoms with van der Waals surface area (Å²) >= 11 is 0. The molecule has 0 aliphatic carbocycles. The zero-order chi connectivity index (χ0) is 9.78. The average molecular weight is 169 g/mol. The Labute approximate surface area is 75.2 Å². The highest BCUT2D eigenvalue weighted by Crippen LogP contribution is 2.10. The lowest BCUT2D eigenvalue weighted by atomic mass is 10.0. The van der Waals surface area contributed by atoms with Gasteiger partial charge in [0.15, 0.2) is 7.98 Å². The molecule has 3 nitrogen and oxygen atoms in total. The van der Waals surface area contributed by atoms with Crippen molar-refractivity contribution in [2.75, 3.05) is 6.54 Å². The van der Waals surface area contributed by atoms with E-state index in [0.29, 0.717) is 13.0 Å². The van der Waals surface area contributed by atoms with Crippen LogP contribution in [0.1, 0.15) is 33.6 Å². The standard InChI is InChI=1S/C8H16BNO2/c1-8(2,3)10(9)6-4-5-7(11)12/h4-6H2,1-3H3,(H,11,12). The normalized spacial score (nSPS) is 12.0. The molecule has 0 rings (SSSR count). The Hall–Kier alpha value is -0.505. The lowest BCUT2D eigenvalue weighted by molar-refractivity contribution is -0.137. The van der Waals surface area contributed by atoms with Crippen LogP contribution < -0.4 is 0 Å². The molecule has 0 aromatic rings. The van der Waals surface area contributed by atoms with Crippen LogP contribution in [-0.2, 0) is 4.79 Å². The fraction of sp³-hybridized carbons (Fsp3) is 0.875. The predicted octanol–water partition coefficient (Wildman–Crippen LogP) is 1.04. The third-order valence-electron chi connectivity index (χ3n) is 1.65. The van der Waals surface area contributed by atoms with Crippen LogP contribution in [0.25, 0.3) is 0 Å². The molecule has 12 heavy (non-hydrogen) atoms. The summed E-state index contributed by atoms with van der Waals surface area (Å²) in [6, 6.07) is 0. The number of carboxylic acids is 1. The fourth-order valence-electron chi connectivity index (χ4n) is 0.736. The lowest BCUT2D eigenvalue weighted by Gasteiger charge is -2.32. The number of carboxylic acid groups (broad SMARTS) is 1. The van der Waals surface area contributed by atoms with E-state index >= 15 is 0 Å². The van der Waals surface area contributed by atoms with Gasteiger partial charge in [-0.1, -0.05) is 0 Å². The van der Waals surface area contributed by atoms with Crippen LogP contribution in [0.5, 0.6) is 0 Å². The molecule has 68 valence electrons. The van der Waals surface area contributed by atoms with Gasteiger partial charge >= 0.3 is 5.97 Å². The largest absolute Gasteiger partial charge is 0.481 e. The van der Waals surface area contributed by atoms with Crippen molar-refractivity contribution >= 4 is 14.0 Å². The van der Waals surface area contributed by atoms with Crippen LogP contribution in [-0.4, -0.2) is 36.0 Å². The minimum atomic E-state index is -0.766. The Balaban J connectivity index is 3.58. The maximum Gasteiger partial charge on any atom is 0.303 e. The topological polar surface area (TPSA) is 40.5 Å². The van der Waals surface area contributed by atoms with Gasteiger partial charge < -0.3 is 9.92 Å². The molecule has 0 amide bonds. The predicted molar refractivity (Wildman–Crippen MR) is 49.1 cm³/mol. The molecule has 0 saturated carbocycles. The zero-order valence-electron chi connectivity index (χ0n) is 8.00. The van der Waals surface area contributed by atoms with Crippen LogP contribution in [0.3, 0.4) is 0 Å². The van der Waals surface area contributed by atoms with E-state index < -0.39 is 5.97 Å². The second-order valence-electron chi connectivity index (χ2n) is 3.86. The zero-order valence-corrected chi connectivity index (χ0v) is 8.00. The van der Waals surface area contributed by atoms with Gasteiger partial charge in [0.2, 0.25) is 0 Å². The first-order chi connectivity index (χ1) is 5.34. The Bertz CT molecular complexity index is 154. The fourth-order valence-corrected chi connectivity index (χ4v) is 0.736. The number of aliphatic carboxylic acids is 1. The first-order valence-electron chi connectivity index (χ1n) is 4.08. The van der Waals surface area contributed by atoms with Crippen molar-refractivity contribution in [3.63, 3.8) is 0 Å². The van der Waals surface area contributed by atoms with E-state index in [1.807, 2.05) is 20.8 Å². The van der Waals surface area contributed by atoms with E-state index in [2.05, 4.69) is 0 Å². The molecular formula is C8H16BNO2. The molecule has 0 aromatic heterocycles. The second-order valence-corrected chi connectivity index (χ2v) is 3.86. The smallest absolute Gasteiger partial charge is 0.303 e. The third-order valence-corrected chi connectivity index (χ3v) is 1.65. The first-order valence-corrected chi connectivity index (χ1v) is 4.08. The highest BCUT2D eigenvalue weighted by atomic mass is 16.4. The van der Waals surface area contributed by atoms with Gasteiger partial charge in [0.05, 0.1) is 0 Å². The highest BCUT2D eigenvalue weighted by Gasteiger charge is 2.15. The summed E-state index contributed by atoms with van der Waals surface area (Å²) in [4.78, 5) is 11.8. The number of rotatable bonds is 4. The molecular weight excluding hydrogens is 153 g/mol. The number of hydrogen-bond donors (Lipinski definition) is 1. The summed E-state index contributed by atoms with van der Waals surface area (Å²) in [5.41, 5.74) is -0.0848. The molecule has 2 radical (unpaired) electrons. The highest BCUT2D eigenvalue weighted by molar-refractivity contribution is 6.04. The molecule has 0 bridgehead atoms. The Morgan fingerprint density at radius 1 is 1.50 bits per heavy atom. The Morgan fingerprint density at radius 2 is 2.00 bits per heavy atom. The molecule has 0 aromatic carbocycles. The van der Waals surface area contributed by atoms with Crippen molar-refractivity contribution in [2.24, 2.45) is 0 Å². The maximum atomic E-state index is 10.2. The van der Waals surface area contributed by atoms with E-state index in [0.717, 1.165) is 0 Å². The van der Waals surface area contributed by atoms with E-state index in [4.69, 9.17) is 13.1 Å². The molecule has 0 unspecified atom stereocenters. The van der Waals surface area contributed by atoms with Crippen molar-refractivity contribution in [1.29, 1.82) is 0 Å². The summed E-state index contributed by atoms with van der Waals surface area (Å²) < 4.78 is 0. The monoisotopic (exact) mass is 169 g/mol. The van der Waals surface area contributed by atoms with Crippen molar-refractivity contribution in [1.82, 2.24) is 4.81 Å². The second kappa shape index (κ2) is 4.50. The Kier molecular flexibility index (Phi) is 4.31. The van der Waals surface area contributed by atoms with Gasteiger partial charge in [-0.2, -0.15) is 0 Å². The van der Waals surface area contributed by atoms with E-state index in [1.165, 1.54) is 0 Å². The molecule has 1 N–H and O–H groups in total. The van der Waals surface area contributed by atoms with Gasteiger partial charge in [0.1, 0.15) is 0 Å². The molecule has 0 heterocycles. The summed E-state index contributed by atoms with van der Waals surface area (Å²) in [7, 11) is 5.68. The third kappa shape index (κ3) is 5.19. The van der Waals surface area contributed by atoms with Gasteiger partial charge in [-0.3, -0.25) is 4.79 Å². The van der Waals surface area contributed by atoms with Crippen molar-refractivity contribution in [3.8, 4) is 0 Å². The SMILES string of the molecule is [B]N(CCCC(=O)O)C(C)(C)C. The summed E-state index contributed by atoms with van der Waals surface area (Å²) in [5.74, 6) is -0.766. The van der Waals surface area contributed by atoms with Crippen LogP contribution in [0, 0.1) is 0 Å². The van der Waals surface area contributed by atoms with Gasteiger partial charge in [0, 0.05) is 12.0 Å². The maximum absolute atomic E-state index is 10.2. The van der Waals surface area contributed by atoms with Crippen molar-refractivity contribution in [2.45, 2.75) is 39.2 Å². The molecule has 0 spiro atoms. The lowest BCUT2D eigenvalue weighted by Crippen LogP contribution is -2.39. The van der Waals surface area contributed by atoms with E-state index in [9.17, 15) is 4.79 Å². The van der Waals surface area contributed by atoms with Crippen molar-refractivity contribution < 1.29 is 9.90 Å². The quantitative estimate of drug-likeness (QED) is 0.639. The van der Waals surface area contributed by atoms with E-state index in [-0.39, 0.29) is 12.0 Å². The molecule has 0 fully saturated rings. The molecule has 0 atom stereocenters. The summed E-state index contributed by atoms with van der Waals surface area (Å²) in [6.45, 7) is 6.60. The van der Waals surface area contributed by atoms with Crippen LogP contribution in [0.2, 0.25) is 0 Å². The van der Waals surface area contributed by atoms with E-state index in [1.54, 1.807) is 4.81 Å². The number of nitrogens with zero attached hydrogens (tertiary/aromatic N) is 1. The van der Waals surface area contributed by atoms with Crippen LogP contribution >= 0.6 is 0 Å². The van der Waals surface area contributed by atoms with Gasteiger partial charge in [-0.25, -0.2) is 0 Å². The molecule has 0 aliphatic heterocycles. The van der Waals surface area contributed by atoms with Gasteiger partial charge in [-0.15, -0.1) is 0 Å². The first kappa shape index (κ1) is 11.5.